The van der Waals surface area contributed by atoms with Crippen LogP contribution in [0.1, 0.15) is 16.7 Å². The number of hydrazine groups is 1. The summed E-state index contributed by atoms with van der Waals surface area (Å²) in [6, 6.07) is 29.1. The van der Waals surface area contributed by atoms with Gasteiger partial charge in [-0.1, -0.05) is 84.9 Å². The fraction of sp³-hybridized carbons (Fsp3) is 0.286. The van der Waals surface area contributed by atoms with Crippen LogP contribution in [0.15, 0.2) is 97.1 Å². The predicted octanol–water partition coefficient (Wildman–Crippen LogP) is 4.92. The predicted molar refractivity (Wildman–Crippen MR) is 167 cm³/mol. The second kappa shape index (κ2) is 14.1. The van der Waals surface area contributed by atoms with Crippen molar-refractivity contribution in [3.8, 4) is 0 Å². The van der Waals surface area contributed by atoms with E-state index in [1.807, 2.05) is 72.8 Å². The summed E-state index contributed by atoms with van der Waals surface area (Å²) < 4.78 is 18.4. The van der Waals surface area contributed by atoms with Crippen LogP contribution in [0.5, 0.6) is 0 Å². The van der Waals surface area contributed by atoms with E-state index in [1.165, 1.54) is 24.3 Å². The van der Waals surface area contributed by atoms with Crippen LogP contribution in [-0.4, -0.2) is 84.1 Å². The van der Waals surface area contributed by atoms with Gasteiger partial charge in [0.15, 0.2) is 0 Å². The Balaban J connectivity index is 1.40. The number of benzene rings is 4. The molecule has 0 bridgehead atoms. The zero-order valence-corrected chi connectivity index (χ0v) is 25.1. The minimum absolute atomic E-state index is 0.116. The van der Waals surface area contributed by atoms with Crippen molar-refractivity contribution in [3.05, 3.63) is 120 Å². The second-order valence-electron chi connectivity index (χ2n) is 10.9. The van der Waals surface area contributed by atoms with Crippen LogP contribution < -0.4 is 0 Å². The van der Waals surface area contributed by atoms with Gasteiger partial charge in [-0.15, -0.1) is 0 Å². The Hall–Kier alpha value is -4.76. The molecule has 1 heterocycles. The fourth-order valence-corrected chi connectivity index (χ4v) is 5.71. The molecule has 0 spiro atoms. The molecule has 0 N–H and O–H groups in total. The molecule has 1 aliphatic heterocycles. The van der Waals surface area contributed by atoms with Gasteiger partial charge in [0.2, 0.25) is 11.8 Å². The lowest BCUT2D eigenvalue weighted by Gasteiger charge is -2.42. The monoisotopic (exact) mass is 596 g/mol. The highest BCUT2D eigenvalue weighted by Crippen LogP contribution is 2.24. The van der Waals surface area contributed by atoms with Crippen molar-refractivity contribution in [2.75, 3.05) is 40.3 Å². The van der Waals surface area contributed by atoms with E-state index in [-0.39, 0.29) is 24.2 Å². The lowest BCUT2D eigenvalue weighted by molar-refractivity contribution is -0.154. The molecule has 4 aromatic rings. The zero-order chi connectivity index (χ0) is 31.1. The van der Waals surface area contributed by atoms with Crippen molar-refractivity contribution in [3.63, 3.8) is 0 Å². The molecular formula is C35H37FN4O4. The largest absolute Gasteiger partial charge is 0.452 e. The number of hydrogen-bond donors (Lipinski definition) is 0. The Bertz CT molecular complexity index is 1590. The summed E-state index contributed by atoms with van der Waals surface area (Å²) in [5.41, 5.74) is 2.84. The van der Waals surface area contributed by atoms with E-state index in [0.29, 0.717) is 39.0 Å². The van der Waals surface area contributed by atoms with Crippen LogP contribution in [0.25, 0.3) is 10.8 Å². The average molecular weight is 597 g/mol. The number of carbonyl (C=O) groups excluding carboxylic acids is 3. The SMILES string of the molecule is COC(=O)N(C)N(CC(=O)N1CCN(CCc2ccc(F)cc2)C(=O)C1Cc1cccc2ccccc12)Cc1ccccc1. The Morgan fingerprint density at radius 3 is 2.34 bits per heavy atom. The molecule has 5 rings (SSSR count). The molecule has 1 atom stereocenters. The topological polar surface area (TPSA) is 73.4 Å². The quantitative estimate of drug-likeness (QED) is 0.243. The lowest BCUT2D eigenvalue weighted by atomic mass is 9.96. The first-order valence-corrected chi connectivity index (χ1v) is 14.7. The van der Waals surface area contributed by atoms with Gasteiger partial charge in [0.05, 0.1) is 13.7 Å². The maximum Gasteiger partial charge on any atom is 0.423 e. The van der Waals surface area contributed by atoms with Gasteiger partial charge in [-0.05, 0) is 46.0 Å². The standard InChI is InChI=1S/C35H37FN4O4/c1-37(35(43)44-2)39(24-27-9-4-3-5-10-27)25-33(41)40-22-21-38(20-19-26-15-17-30(36)18-16-26)34(42)32(40)23-29-13-8-12-28-11-6-7-14-31(28)29/h3-18,32H,19-25H2,1-2H3. The number of hydrogen-bond acceptors (Lipinski definition) is 5. The van der Waals surface area contributed by atoms with Crippen LogP contribution >= 0.6 is 0 Å². The lowest BCUT2D eigenvalue weighted by Crippen LogP contribution is -2.61. The molecule has 1 aliphatic rings. The number of amides is 3. The van der Waals surface area contributed by atoms with Gasteiger partial charge < -0.3 is 14.5 Å². The number of fused-ring (bicyclic) bond motifs is 1. The summed E-state index contributed by atoms with van der Waals surface area (Å²) in [7, 11) is 2.86. The van der Waals surface area contributed by atoms with Crippen molar-refractivity contribution in [1.29, 1.82) is 0 Å². The average Bonchev–Trinajstić information content (AvgIpc) is 3.05. The molecule has 3 amide bonds. The van der Waals surface area contributed by atoms with Crippen molar-refractivity contribution in [1.82, 2.24) is 19.8 Å². The number of methoxy groups -OCH3 is 1. The summed E-state index contributed by atoms with van der Waals surface area (Å²) in [6.07, 6.45) is 0.336. The van der Waals surface area contributed by atoms with Gasteiger partial charge in [-0.2, -0.15) is 0 Å². The summed E-state index contributed by atoms with van der Waals surface area (Å²) in [6.45, 7) is 1.38. The highest BCUT2D eigenvalue weighted by Gasteiger charge is 2.38. The summed E-state index contributed by atoms with van der Waals surface area (Å²) in [4.78, 5) is 44.1. The third-order valence-electron chi connectivity index (χ3n) is 8.17. The molecule has 1 unspecified atom stereocenters. The molecule has 0 radical (unpaired) electrons. The van der Waals surface area contributed by atoms with Crippen LogP contribution in [0.4, 0.5) is 9.18 Å². The third-order valence-corrected chi connectivity index (χ3v) is 8.17. The van der Waals surface area contributed by atoms with Gasteiger partial charge in [-0.3, -0.25) is 9.59 Å². The van der Waals surface area contributed by atoms with Crippen LogP contribution in [0.2, 0.25) is 0 Å². The Morgan fingerprint density at radius 1 is 0.886 bits per heavy atom. The van der Waals surface area contributed by atoms with Gasteiger partial charge in [0.1, 0.15) is 11.9 Å². The summed E-state index contributed by atoms with van der Waals surface area (Å²) in [5, 5.41) is 5.03. The smallest absolute Gasteiger partial charge is 0.423 e. The van der Waals surface area contributed by atoms with Gasteiger partial charge in [0.25, 0.3) is 0 Å². The molecule has 9 heteroatoms. The highest BCUT2D eigenvalue weighted by molar-refractivity contribution is 5.91. The van der Waals surface area contributed by atoms with Crippen molar-refractivity contribution in [2.45, 2.75) is 25.4 Å². The molecule has 4 aromatic carbocycles. The number of piperazine rings is 1. The van der Waals surface area contributed by atoms with Crippen molar-refractivity contribution in [2.24, 2.45) is 0 Å². The van der Waals surface area contributed by atoms with Crippen molar-refractivity contribution >= 4 is 28.7 Å². The fourth-order valence-electron chi connectivity index (χ4n) is 5.71. The Labute approximate surface area is 257 Å². The Kier molecular flexibility index (Phi) is 9.86. The molecule has 8 nitrogen and oxygen atoms in total. The molecule has 1 fully saturated rings. The summed E-state index contributed by atoms with van der Waals surface area (Å²) in [5.74, 6) is -0.685. The maximum atomic E-state index is 14.1. The van der Waals surface area contributed by atoms with E-state index in [9.17, 15) is 18.8 Å². The van der Waals surface area contributed by atoms with Gasteiger partial charge >= 0.3 is 6.09 Å². The van der Waals surface area contributed by atoms with Gasteiger partial charge in [-0.25, -0.2) is 19.2 Å². The number of nitrogens with zero attached hydrogens (tertiary/aromatic N) is 4. The molecule has 0 aromatic heterocycles. The number of halogens is 1. The molecule has 228 valence electrons. The van der Waals surface area contributed by atoms with E-state index in [4.69, 9.17) is 4.74 Å². The van der Waals surface area contributed by atoms with E-state index in [2.05, 4.69) is 0 Å². The number of ether oxygens (including phenoxy) is 1. The first-order valence-electron chi connectivity index (χ1n) is 14.7. The number of carbonyl (C=O) groups is 3. The van der Waals surface area contributed by atoms with E-state index in [0.717, 1.165) is 27.5 Å². The van der Waals surface area contributed by atoms with E-state index >= 15 is 0 Å². The Morgan fingerprint density at radius 2 is 1.59 bits per heavy atom. The van der Waals surface area contributed by atoms with Crippen molar-refractivity contribution < 1.29 is 23.5 Å². The zero-order valence-electron chi connectivity index (χ0n) is 25.1. The molecular weight excluding hydrogens is 559 g/mol. The van der Waals surface area contributed by atoms with E-state index in [1.54, 1.807) is 34.0 Å². The molecule has 44 heavy (non-hydrogen) atoms. The third kappa shape index (κ3) is 7.23. The second-order valence-corrected chi connectivity index (χ2v) is 10.9. The van der Waals surface area contributed by atoms with Crippen LogP contribution in [-0.2, 0) is 33.7 Å². The van der Waals surface area contributed by atoms with Crippen LogP contribution in [0.3, 0.4) is 0 Å². The summed E-state index contributed by atoms with van der Waals surface area (Å²) >= 11 is 0. The molecule has 0 saturated carbocycles. The first kappa shape index (κ1) is 30.7. The molecule has 0 aliphatic carbocycles. The van der Waals surface area contributed by atoms with E-state index < -0.39 is 12.1 Å². The maximum absolute atomic E-state index is 14.1. The van der Waals surface area contributed by atoms with Gasteiger partial charge in [0, 0.05) is 39.6 Å². The number of rotatable bonds is 10. The normalized spacial score (nSPS) is 15.1. The highest BCUT2D eigenvalue weighted by atomic mass is 19.1. The molecule has 1 saturated heterocycles. The minimum atomic E-state index is -0.725. The minimum Gasteiger partial charge on any atom is -0.452 e. The first-order chi connectivity index (χ1) is 21.3. The van der Waals surface area contributed by atoms with Crippen LogP contribution in [0, 0.1) is 5.82 Å².